The summed E-state index contributed by atoms with van der Waals surface area (Å²) in [6, 6.07) is 14.1. The molecule has 0 aliphatic heterocycles. The molecule has 0 aromatic heterocycles. The molecule has 13 heteroatoms. The second kappa shape index (κ2) is 13.3. The predicted molar refractivity (Wildman–Crippen MR) is 150 cm³/mol. The van der Waals surface area contributed by atoms with Crippen molar-refractivity contribution in [2.45, 2.75) is 11.4 Å². The third-order valence-corrected chi connectivity index (χ3v) is 8.28. The van der Waals surface area contributed by atoms with E-state index < -0.39 is 22.5 Å². The van der Waals surface area contributed by atoms with Gasteiger partial charge >= 0.3 is 0 Å². The number of nitrogens with zero attached hydrogens (tertiary/aromatic N) is 2. The highest BCUT2D eigenvalue weighted by molar-refractivity contribution is 9.10. The van der Waals surface area contributed by atoms with Crippen LogP contribution in [0.3, 0.4) is 0 Å². The molecule has 3 aromatic rings. The van der Waals surface area contributed by atoms with Gasteiger partial charge in [0.05, 0.1) is 49.0 Å². The Morgan fingerprint density at radius 1 is 0.974 bits per heavy atom. The number of rotatable bonds is 11. The molecule has 1 N–H and O–H groups in total. The van der Waals surface area contributed by atoms with Crippen LogP contribution in [0.15, 0.2) is 69.1 Å². The standard InChI is InChI=1S/C25H24BrCl2N3O6S/c1-35-22-11-17(12-23(36-2)25(22)37-3)13-29-30-24(32)15-31(14-16-4-9-20(27)21(28)10-16)38(33,34)19-7-5-18(26)6-8-19/h4-13H,14-15H2,1-3H3,(H,30,32). The van der Waals surface area contributed by atoms with E-state index in [4.69, 9.17) is 37.4 Å². The zero-order valence-electron chi connectivity index (χ0n) is 20.6. The average molecular weight is 645 g/mol. The molecule has 0 aliphatic rings. The van der Waals surface area contributed by atoms with Crippen molar-refractivity contribution in [2.75, 3.05) is 27.9 Å². The third kappa shape index (κ3) is 7.39. The summed E-state index contributed by atoms with van der Waals surface area (Å²) in [6.45, 7) is -0.634. The Bertz CT molecular complexity index is 1410. The molecule has 0 saturated heterocycles. The monoisotopic (exact) mass is 643 g/mol. The number of hydrazone groups is 1. The molecule has 0 saturated carbocycles. The molecule has 0 radical (unpaired) electrons. The largest absolute Gasteiger partial charge is 0.493 e. The van der Waals surface area contributed by atoms with Crippen LogP contribution in [0.4, 0.5) is 0 Å². The van der Waals surface area contributed by atoms with Crippen LogP contribution in [0.2, 0.25) is 10.0 Å². The van der Waals surface area contributed by atoms with Crippen molar-refractivity contribution in [3.8, 4) is 17.2 Å². The van der Waals surface area contributed by atoms with Gasteiger partial charge in [-0.05, 0) is 54.1 Å². The van der Waals surface area contributed by atoms with Crippen molar-refractivity contribution in [3.05, 3.63) is 80.2 Å². The van der Waals surface area contributed by atoms with Crippen LogP contribution >= 0.6 is 39.1 Å². The fraction of sp³-hybridized carbons (Fsp3) is 0.200. The molecule has 1 amide bonds. The molecular formula is C25H24BrCl2N3O6S. The van der Waals surface area contributed by atoms with Crippen molar-refractivity contribution >= 4 is 61.3 Å². The number of benzene rings is 3. The minimum absolute atomic E-state index is 0.0227. The molecule has 0 spiro atoms. The number of sulfonamides is 1. The highest BCUT2D eigenvalue weighted by Crippen LogP contribution is 2.37. The summed E-state index contributed by atoms with van der Waals surface area (Å²) in [4.78, 5) is 12.8. The van der Waals surface area contributed by atoms with Crippen molar-refractivity contribution in [1.82, 2.24) is 9.73 Å². The van der Waals surface area contributed by atoms with Gasteiger partial charge < -0.3 is 14.2 Å². The van der Waals surface area contributed by atoms with E-state index in [-0.39, 0.29) is 16.5 Å². The van der Waals surface area contributed by atoms with E-state index in [9.17, 15) is 13.2 Å². The van der Waals surface area contributed by atoms with Gasteiger partial charge in [0.1, 0.15) is 0 Å². The lowest BCUT2D eigenvalue weighted by molar-refractivity contribution is -0.121. The average Bonchev–Trinajstić information content (AvgIpc) is 2.89. The highest BCUT2D eigenvalue weighted by atomic mass is 79.9. The van der Waals surface area contributed by atoms with E-state index in [1.807, 2.05) is 0 Å². The maximum Gasteiger partial charge on any atom is 0.255 e. The van der Waals surface area contributed by atoms with Gasteiger partial charge in [-0.2, -0.15) is 9.41 Å². The van der Waals surface area contributed by atoms with Crippen LogP contribution in [-0.2, 0) is 21.4 Å². The third-order valence-electron chi connectivity index (χ3n) is 5.20. The van der Waals surface area contributed by atoms with Gasteiger partial charge in [-0.25, -0.2) is 13.8 Å². The Labute approximate surface area is 239 Å². The van der Waals surface area contributed by atoms with E-state index in [1.54, 1.807) is 42.5 Å². The van der Waals surface area contributed by atoms with Crippen LogP contribution in [0, 0.1) is 0 Å². The number of carbonyl (C=O) groups excluding carboxylic acids is 1. The fourth-order valence-electron chi connectivity index (χ4n) is 3.37. The molecular weight excluding hydrogens is 621 g/mol. The lowest BCUT2D eigenvalue weighted by Crippen LogP contribution is -2.39. The molecule has 0 atom stereocenters. The molecule has 0 bridgehead atoms. The number of hydrogen-bond acceptors (Lipinski definition) is 7. The zero-order valence-corrected chi connectivity index (χ0v) is 24.5. The number of methoxy groups -OCH3 is 3. The lowest BCUT2D eigenvalue weighted by Gasteiger charge is -2.22. The quantitative estimate of drug-likeness (QED) is 0.229. The molecule has 0 aliphatic carbocycles. The first-order valence-corrected chi connectivity index (χ1v) is 13.9. The first kappa shape index (κ1) is 29.7. The Morgan fingerprint density at radius 2 is 1.61 bits per heavy atom. The molecule has 3 aromatic carbocycles. The summed E-state index contributed by atoms with van der Waals surface area (Å²) in [5.41, 5.74) is 3.46. The molecule has 9 nitrogen and oxygen atoms in total. The summed E-state index contributed by atoms with van der Waals surface area (Å²) in [7, 11) is 0.387. The van der Waals surface area contributed by atoms with Crippen molar-refractivity contribution < 1.29 is 27.4 Å². The summed E-state index contributed by atoms with van der Waals surface area (Å²) in [5, 5.41) is 4.56. The maximum atomic E-state index is 13.4. The smallest absolute Gasteiger partial charge is 0.255 e. The Hall–Kier alpha value is -2.83. The first-order valence-electron chi connectivity index (χ1n) is 10.9. The molecule has 202 valence electrons. The van der Waals surface area contributed by atoms with Crippen LogP contribution in [0.25, 0.3) is 0 Å². The second-order valence-corrected chi connectivity index (χ2v) is 11.4. The van der Waals surface area contributed by atoms with Gasteiger partial charge in [0.25, 0.3) is 5.91 Å². The van der Waals surface area contributed by atoms with E-state index in [0.717, 1.165) is 4.31 Å². The SMILES string of the molecule is COc1cc(C=NNC(=O)CN(Cc2ccc(Cl)c(Cl)c2)S(=O)(=O)c2ccc(Br)cc2)cc(OC)c1OC. The zero-order chi connectivity index (χ0) is 27.9. The normalized spacial score (nSPS) is 11.6. The second-order valence-electron chi connectivity index (χ2n) is 7.73. The molecule has 0 fully saturated rings. The van der Waals surface area contributed by atoms with Gasteiger partial charge in [0.15, 0.2) is 11.5 Å². The summed E-state index contributed by atoms with van der Waals surface area (Å²) >= 11 is 15.4. The van der Waals surface area contributed by atoms with Crippen molar-refractivity contribution in [3.63, 3.8) is 0 Å². The van der Waals surface area contributed by atoms with Gasteiger partial charge in [0.2, 0.25) is 15.8 Å². The summed E-state index contributed by atoms with van der Waals surface area (Å²) in [6.07, 6.45) is 1.37. The Morgan fingerprint density at radius 3 is 2.16 bits per heavy atom. The topological polar surface area (TPSA) is 107 Å². The number of hydrogen-bond donors (Lipinski definition) is 1. The van der Waals surface area contributed by atoms with Crippen molar-refractivity contribution in [2.24, 2.45) is 5.10 Å². The van der Waals surface area contributed by atoms with Crippen LogP contribution in [0.1, 0.15) is 11.1 Å². The van der Waals surface area contributed by atoms with E-state index in [0.29, 0.717) is 37.9 Å². The van der Waals surface area contributed by atoms with Gasteiger partial charge in [-0.1, -0.05) is 45.2 Å². The number of carbonyl (C=O) groups is 1. The molecule has 38 heavy (non-hydrogen) atoms. The van der Waals surface area contributed by atoms with Crippen molar-refractivity contribution in [1.29, 1.82) is 0 Å². The number of halogens is 3. The van der Waals surface area contributed by atoms with Gasteiger partial charge in [-0.15, -0.1) is 0 Å². The molecule has 0 unspecified atom stereocenters. The van der Waals surface area contributed by atoms with Crippen LogP contribution in [-0.4, -0.2) is 52.7 Å². The molecule has 3 rings (SSSR count). The summed E-state index contributed by atoms with van der Waals surface area (Å²) in [5.74, 6) is 0.572. The Kier molecular flexibility index (Phi) is 10.4. The number of nitrogens with one attached hydrogen (secondary N) is 1. The van der Waals surface area contributed by atoms with Crippen LogP contribution < -0.4 is 19.6 Å². The van der Waals surface area contributed by atoms with Crippen LogP contribution in [0.5, 0.6) is 17.2 Å². The predicted octanol–water partition coefficient (Wildman–Crippen LogP) is 5.12. The number of ether oxygens (including phenoxy) is 3. The maximum absolute atomic E-state index is 13.4. The Balaban J connectivity index is 1.83. The minimum atomic E-state index is -4.06. The minimum Gasteiger partial charge on any atom is -0.493 e. The lowest BCUT2D eigenvalue weighted by atomic mass is 10.2. The van der Waals surface area contributed by atoms with Gasteiger partial charge in [0, 0.05) is 16.6 Å². The highest BCUT2D eigenvalue weighted by Gasteiger charge is 2.27. The fourth-order valence-corrected chi connectivity index (χ4v) is 5.34. The van der Waals surface area contributed by atoms with Gasteiger partial charge in [-0.3, -0.25) is 4.79 Å². The summed E-state index contributed by atoms with van der Waals surface area (Å²) < 4.78 is 44.5. The van der Waals surface area contributed by atoms with E-state index in [1.165, 1.54) is 39.7 Å². The van der Waals surface area contributed by atoms with E-state index >= 15 is 0 Å². The molecule has 0 heterocycles. The number of amides is 1. The van der Waals surface area contributed by atoms with E-state index in [2.05, 4.69) is 26.5 Å². The first-order chi connectivity index (χ1) is 18.1.